The van der Waals surface area contributed by atoms with E-state index in [1.807, 2.05) is 31.2 Å². The van der Waals surface area contributed by atoms with Gasteiger partial charge in [-0.3, -0.25) is 4.79 Å². The molecule has 0 saturated carbocycles. The van der Waals surface area contributed by atoms with Crippen LogP contribution in [-0.4, -0.2) is 24.0 Å². The van der Waals surface area contributed by atoms with Gasteiger partial charge in [0.1, 0.15) is 10.8 Å². The molecule has 2 aromatic carbocycles. The van der Waals surface area contributed by atoms with Crippen LogP contribution in [0.15, 0.2) is 53.9 Å². The highest BCUT2D eigenvalue weighted by Gasteiger charge is 2.11. The summed E-state index contributed by atoms with van der Waals surface area (Å²) in [7, 11) is 1.68. The van der Waals surface area contributed by atoms with Crippen molar-refractivity contribution < 1.29 is 9.53 Å². The topological polar surface area (TPSA) is 51.2 Å². The van der Waals surface area contributed by atoms with E-state index >= 15 is 0 Å². The molecule has 1 aromatic heterocycles. The van der Waals surface area contributed by atoms with Gasteiger partial charge >= 0.3 is 0 Å². The molecular formula is C22H24N2O2S. The average molecular weight is 381 g/mol. The molecule has 0 spiro atoms. The van der Waals surface area contributed by atoms with Gasteiger partial charge in [0.15, 0.2) is 0 Å². The Morgan fingerprint density at radius 1 is 1.19 bits per heavy atom. The number of benzene rings is 2. The van der Waals surface area contributed by atoms with E-state index in [-0.39, 0.29) is 11.9 Å². The lowest BCUT2D eigenvalue weighted by molar-refractivity contribution is -0.119. The number of thiazole rings is 1. The zero-order valence-corrected chi connectivity index (χ0v) is 16.7. The highest BCUT2D eigenvalue weighted by molar-refractivity contribution is 7.13. The van der Waals surface area contributed by atoms with Gasteiger partial charge in [0, 0.05) is 23.9 Å². The lowest BCUT2D eigenvalue weighted by Gasteiger charge is -2.12. The maximum Gasteiger partial charge on any atom is 0.217 e. The van der Waals surface area contributed by atoms with Crippen LogP contribution in [0.3, 0.4) is 0 Å². The third-order valence-electron chi connectivity index (χ3n) is 4.41. The molecule has 0 aliphatic rings. The van der Waals surface area contributed by atoms with Crippen LogP contribution < -0.4 is 10.1 Å². The molecule has 0 aliphatic carbocycles. The number of nitrogens with zero attached hydrogens (tertiary/aromatic N) is 1. The summed E-state index contributed by atoms with van der Waals surface area (Å²) >= 11 is 1.62. The van der Waals surface area contributed by atoms with E-state index in [4.69, 9.17) is 9.72 Å². The van der Waals surface area contributed by atoms with Gasteiger partial charge in [-0.25, -0.2) is 4.98 Å². The van der Waals surface area contributed by atoms with Gasteiger partial charge in [0.2, 0.25) is 5.91 Å². The Morgan fingerprint density at radius 2 is 1.93 bits per heavy atom. The summed E-state index contributed by atoms with van der Waals surface area (Å²) in [6, 6.07) is 16.6. The van der Waals surface area contributed by atoms with Crippen molar-refractivity contribution in [2.24, 2.45) is 0 Å². The summed E-state index contributed by atoms with van der Waals surface area (Å²) in [5.41, 5.74) is 4.35. The molecular weight excluding hydrogens is 356 g/mol. The van der Waals surface area contributed by atoms with Gasteiger partial charge in [0.25, 0.3) is 0 Å². The van der Waals surface area contributed by atoms with Gasteiger partial charge in [-0.1, -0.05) is 36.4 Å². The number of ether oxygens (including phenoxy) is 1. The zero-order chi connectivity index (χ0) is 19.2. The SMILES string of the molecule is COc1ccccc1-c1nc(-c2ccc(CC[C@@H](C)NC(C)=O)cc2)cs1. The smallest absolute Gasteiger partial charge is 0.217 e. The molecule has 3 rings (SSSR count). The number of hydrogen-bond donors (Lipinski definition) is 1. The Hall–Kier alpha value is -2.66. The molecule has 0 saturated heterocycles. The predicted molar refractivity (Wildman–Crippen MR) is 111 cm³/mol. The first-order valence-corrected chi connectivity index (χ1v) is 9.90. The Morgan fingerprint density at radius 3 is 2.63 bits per heavy atom. The number of carbonyl (C=O) groups excluding carboxylic acids is 1. The van der Waals surface area contributed by atoms with Crippen LogP contribution in [0.4, 0.5) is 0 Å². The number of para-hydroxylation sites is 1. The molecule has 1 N–H and O–H groups in total. The molecule has 1 amide bonds. The van der Waals surface area contributed by atoms with Gasteiger partial charge in [0.05, 0.1) is 18.4 Å². The van der Waals surface area contributed by atoms with Crippen LogP contribution in [0.2, 0.25) is 0 Å². The van der Waals surface area contributed by atoms with Crippen LogP contribution in [0.5, 0.6) is 5.75 Å². The van der Waals surface area contributed by atoms with Crippen molar-refractivity contribution in [2.75, 3.05) is 7.11 Å². The van der Waals surface area contributed by atoms with Gasteiger partial charge < -0.3 is 10.1 Å². The standard InChI is InChI=1S/C22H24N2O2S/c1-15(23-16(2)25)8-9-17-10-12-18(13-11-17)20-14-27-22(24-20)19-6-4-5-7-21(19)26-3/h4-7,10-15H,8-9H2,1-3H3,(H,23,25)/t15-/m1/s1. The summed E-state index contributed by atoms with van der Waals surface area (Å²) in [5.74, 6) is 0.856. The van der Waals surface area contributed by atoms with E-state index in [1.165, 1.54) is 5.56 Å². The van der Waals surface area contributed by atoms with Crippen molar-refractivity contribution in [3.8, 4) is 27.6 Å². The van der Waals surface area contributed by atoms with Gasteiger partial charge in [-0.2, -0.15) is 0 Å². The van der Waals surface area contributed by atoms with E-state index in [1.54, 1.807) is 25.4 Å². The van der Waals surface area contributed by atoms with Gasteiger partial charge in [-0.15, -0.1) is 11.3 Å². The Balaban J connectivity index is 1.69. The quantitative estimate of drug-likeness (QED) is 0.631. The molecule has 3 aromatic rings. The average Bonchev–Trinajstić information content (AvgIpc) is 3.16. The maximum absolute atomic E-state index is 11.1. The number of rotatable bonds is 7. The number of methoxy groups -OCH3 is 1. The second-order valence-corrected chi connectivity index (χ2v) is 7.43. The van der Waals surface area contributed by atoms with Crippen molar-refractivity contribution in [3.63, 3.8) is 0 Å². The summed E-state index contributed by atoms with van der Waals surface area (Å²) in [6.45, 7) is 3.59. The number of aromatic nitrogens is 1. The zero-order valence-electron chi connectivity index (χ0n) is 15.9. The van der Waals surface area contributed by atoms with Gasteiger partial charge in [-0.05, 0) is 37.5 Å². The normalized spacial score (nSPS) is 11.8. The monoisotopic (exact) mass is 380 g/mol. The molecule has 1 atom stereocenters. The third-order valence-corrected chi connectivity index (χ3v) is 5.28. The third kappa shape index (κ3) is 4.95. The van der Waals surface area contributed by atoms with Crippen LogP contribution in [-0.2, 0) is 11.2 Å². The number of amides is 1. The first-order valence-electron chi connectivity index (χ1n) is 9.02. The first-order chi connectivity index (χ1) is 13.1. The highest BCUT2D eigenvalue weighted by atomic mass is 32.1. The molecule has 1 heterocycles. The first kappa shape index (κ1) is 19.1. The van der Waals surface area contributed by atoms with Crippen molar-refractivity contribution in [3.05, 3.63) is 59.5 Å². The Kier molecular flexibility index (Phi) is 6.24. The second kappa shape index (κ2) is 8.82. The number of hydrogen-bond acceptors (Lipinski definition) is 4. The van der Waals surface area contributed by atoms with Crippen molar-refractivity contribution in [1.82, 2.24) is 10.3 Å². The molecule has 0 radical (unpaired) electrons. The second-order valence-electron chi connectivity index (χ2n) is 6.58. The minimum Gasteiger partial charge on any atom is -0.496 e. The molecule has 0 fully saturated rings. The van der Waals surface area contributed by atoms with Crippen molar-refractivity contribution in [1.29, 1.82) is 0 Å². The molecule has 4 nitrogen and oxygen atoms in total. The van der Waals surface area contributed by atoms with Crippen molar-refractivity contribution >= 4 is 17.2 Å². The fraction of sp³-hybridized carbons (Fsp3) is 0.273. The Labute approximate surface area is 164 Å². The van der Waals surface area contributed by atoms with E-state index < -0.39 is 0 Å². The van der Waals surface area contributed by atoms with Crippen LogP contribution in [0.25, 0.3) is 21.8 Å². The fourth-order valence-corrected chi connectivity index (χ4v) is 3.85. The van der Waals surface area contributed by atoms with E-state index in [0.717, 1.165) is 40.4 Å². The van der Waals surface area contributed by atoms with Crippen molar-refractivity contribution in [2.45, 2.75) is 32.7 Å². The maximum atomic E-state index is 11.1. The van der Waals surface area contributed by atoms with E-state index in [2.05, 4.69) is 35.0 Å². The molecule has 0 bridgehead atoms. The van der Waals surface area contributed by atoms with E-state index in [9.17, 15) is 4.79 Å². The molecule has 0 aliphatic heterocycles. The minimum atomic E-state index is 0.0206. The van der Waals surface area contributed by atoms with Crippen LogP contribution in [0, 0.1) is 0 Å². The number of carbonyl (C=O) groups is 1. The molecule has 5 heteroatoms. The molecule has 140 valence electrons. The van der Waals surface area contributed by atoms with Crippen LogP contribution >= 0.6 is 11.3 Å². The fourth-order valence-electron chi connectivity index (χ4n) is 3.00. The molecule has 27 heavy (non-hydrogen) atoms. The van der Waals surface area contributed by atoms with Crippen LogP contribution in [0.1, 0.15) is 25.8 Å². The largest absolute Gasteiger partial charge is 0.496 e. The highest BCUT2D eigenvalue weighted by Crippen LogP contribution is 2.34. The number of aryl methyl sites for hydroxylation is 1. The summed E-state index contributed by atoms with van der Waals surface area (Å²) < 4.78 is 5.44. The summed E-state index contributed by atoms with van der Waals surface area (Å²) in [5, 5.41) is 5.95. The summed E-state index contributed by atoms with van der Waals surface area (Å²) in [6.07, 6.45) is 1.86. The summed E-state index contributed by atoms with van der Waals surface area (Å²) in [4.78, 5) is 15.9. The number of nitrogens with one attached hydrogen (secondary N) is 1. The lowest BCUT2D eigenvalue weighted by Crippen LogP contribution is -2.30. The predicted octanol–water partition coefficient (Wildman–Crippen LogP) is 4.94. The lowest BCUT2D eigenvalue weighted by atomic mass is 10.0. The molecule has 0 unspecified atom stereocenters. The minimum absolute atomic E-state index is 0.0206. The Bertz CT molecular complexity index is 903. The van der Waals surface area contributed by atoms with E-state index in [0.29, 0.717) is 0 Å².